The molecular formula is C16H18F7NO2. The van der Waals surface area contributed by atoms with Gasteiger partial charge in [-0.1, -0.05) is 12.1 Å². The van der Waals surface area contributed by atoms with Crippen LogP contribution in [0, 0.1) is 6.92 Å². The molecule has 1 amide bonds. The summed E-state index contributed by atoms with van der Waals surface area (Å²) in [4.78, 5) is 11.9. The van der Waals surface area contributed by atoms with E-state index in [0.29, 0.717) is 16.9 Å². The van der Waals surface area contributed by atoms with Crippen LogP contribution in [0.15, 0.2) is 18.2 Å². The number of carbonyl (C=O) groups is 1. The molecular weight excluding hydrogens is 371 g/mol. The van der Waals surface area contributed by atoms with Gasteiger partial charge in [0.1, 0.15) is 5.75 Å². The van der Waals surface area contributed by atoms with E-state index in [-0.39, 0.29) is 11.3 Å². The zero-order valence-corrected chi connectivity index (χ0v) is 14.4. The molecule has 0 heterocycles. The molecule has 26 heavy (non-hydrogen) atoms. The number of hydrogen-bond acceptors (Lipinski definition) is 2. The van der Waals surface area contributed by atoms with Crippen molar-refractivity contribution in [2.24, 2.45) is 0 Å². The summed E-state index contributed by atoms with van der Waals surface area (Å²) in [6.45, 7) is 2.92. The third-order valence-electron chi connectivity index (χ3n) is 4.13. The first-order valence-corrected chi connectivity index (χ1v) is 7.40. The molecule has 1 aromatic carbocycles. The van der Waals surface area contributed by atoms with Crippen LogP contribution in [0.25, 0.3) is 0 Å². The minimum atomic E-state index is -6.56. The summed E-state index contributed by atoms with van der Waals surface area (Å²) in [6.07, 6.45) is -6.60. The molecule has 0 bridgehead atoms. The highest BCUT2D eigenvalue weighted by Crippen LogP contribution is 2.47. The van der Waals surface area contributed by atoms with Gasteiger partial charge in [0, 0.05) is 13.1 Å². The van der Waals surface area contributed by atoms with Crippen molar-refractivity contribution in [1.82, 2.24) is 4.90 Å². The minimum absolute atomic E-state index is 0.0427. The van der Waals surface area contributed by atoms with Crippen molar-refractivity contribution in [2.75, 3.05) is 14.2 Å². The Morgan fingerprint density at radius 1 is 1.15 bits per heavy atom. The summed E-state index contributed by atoms with van der Waals surface area (Å²) < 4.78 is 94.9. The lowest BCUT2D eigenvalue weighted by Crippen LogP contribution is -2.60. The van der Waals surface area contributed by atoms with Gasteiger partial charge in [-0.3, -0.25) is 4.79 Å². The van der Waals surface area contributed by atoms with Crippen molar-refractivity contribution < 1.29 is 40.3 Å². The number of hydrogen-bond donors (Lipinski definition) is 0. The standard InChI is InChI=1S/C16H18F7NO2/c1-9(8-11-6-5-7-12(26-4)10(11)2)24(3)13(25)14(17,18)15(19,20)16(21,22)23/h5-7,9H,8H2,1-4H3. The molecule has 0 fully saturated rings. The van der Waals surface area contributed by atoms with Crippen LogP contribution in [0.2, 0.25) is 0 Å². The van der Waals surface area contributed by atoms with Crippen molar-refractivity contribution in [3.63, 3.8) is 0 Å². The second-order valence-corrected chi connectivity index (χ2v) is 5.86. The molecule has 0 aromatic heterocycles. The lowest BCUT2D eigenvalue weighted by Gasteiger charge is -2.33. The first kappa shape index (κ1) is 22.0. The Balaban J connectivity index is 3.05. The fraction of sp³-hybridized carbons (Fsp3) is 0.562. The highest BCUT2D eigenvalue weighted by atomic mass is 19.4. The molecule has 1 rings (SSSR count). The second-order valence-electron chi connectivity index (χ2n) is 5.86. The van der Waals surface area contributed by atoms with E-state index in [0.717, 1.165) is 7.05 Å². The van der Waals surface area contributed by atoms with Crippen LogP contribution in [-0.4, -0.2) is 49.0 Å². The van der Waals surface area contributed by atoms with Crippen molar-refractivity contribution in [2.45, 2.75) is 44.3 Å². The van der Waals surface area contributed by atoms with Crippen LogP contribution in [0.5, 0.6) is 5.75 Å². The van der Waals surface area contributed by atoms with E-state index in [1.807, 2.05) is 0 Å². The van der Waals surface area contributed by atoms with Crippen LogP contribution in [0.1, 0.15) is 18.1 Å². The Kier molecular flexibility index (Phi) is 6.20. The number of amides is 1. The van der Waals surface area contributed by atoms with Gasteiger partial charge in [0.2, 0.25) is 0 Å². The molecule has 0 radical (unpaired) electrons. The van der Waals surface area contributed by atoms with E-state index in [9.17, 15) is 35.5 Å². The predicted molar refractivity (Wildman–Crippen MR) is 79.6 cm³/mol. The smallest absolute Gasteiger partial charge is 0.460 e. The normalized spacial score (nSPS) is 14.1. The van der Waals surface area contributed by atoms with Crippen molar-refractivity contribution in [3.05, 3.63) is 29.3 Å². The van der Waals surface area contributed by atoms with E-state index in [1.54, 1.807) is 25.1 Å². The Bertz CT molecular complexity index is 658. The van der Waals surface area contributed by atoms with Crippen molar-refractivity contribution in [3.8, 4) is 5.75 Å². The van der Waals surface area contributed by atoms with Gasteiger partial charge in [0.15, 0.2) is 0 Å². The second kappa shape index (κ2) is 7.32. The first-order chi connectivity index (χ1) is 11.7. The molecule has 1 unspecified atom stereocenters. The molecule has 0 aliphatic rings. The van der Waals surface area contributed by atoms with Crippen LogP contribution in [0.4, 0.5) is 30.7 Å². The van der Waals surface area contributed by atoms with Crippen LogP contribution < -0.4 is 4.74 Å². The molecule has 0 aliphatic heterocycles. The molecule has 0 aliphatic carbocycles. The number of alkyl halides is 7. The van der Waals surface area contributed by atoms with Gasteiger partial charge in [0.05, 0.1) is 7.11 Å². The third kappa shape index (κ3) is 3.88. The van der Waals surface area contributed by atoms with Gasteiger partial charge in [-0.2, -0.15) is 30.7 Å². The third-order valence-corrected chi connectivity index (χ3v) is 4.13. The van der Waals surface area contributed by atoms with Gasteiger partial charge < -0.3 is 9.64 Å². The number of nitrogens with zero attached hydrogens (tertiary/aromatic N) is 1. The summed E-state index contributed by atoms with van der Waals surface area (Å²) in [5, 5.41) is 0. The molecule has 0 spiro atoms. The quantitative estimate of drug-likeness (QED) is 0.682. The fourth-order valence-electron chi connectivity index (χ4n) is 2.29. The molecule has 1 aromatic rings. The number of halogens is 7. The highest BCUT2D eigenvalue weighted by Gasteiger charge is 2.76. The number of methoxy groups -OCH3 is 1. The number of rotatable bonds is 6. The van der Waals surface area contributed by atoms with E-state index in [1.165, 1.54) is 14.0 Å². The van der Waals surface area contributed by atoms with Gasteiger partial charge in [0.25, 0.3) is 5.91 Å². The monoisotopic (exact) mass is 389 g/mol. The summed E-state index contributed by atoms with van der Waals surface area (Å²) in [5.41, 5.74) is 1.21. The molecule has 0 saturated carbocycles. The Labute approximate surface area is 145 Å². The molecule has 148 valence electrons. The minimum Gasteiger partial charge on any atom is -0.496 e. The Morgan fingerprint density at radius 2 is 1.69 bits per heavy atom. The van der Waals surface area contributed by atoms with Crippen molar-refractivity contribution in [1.29, 1.82) is 0 Å². The van der Waals surface area contributed by atoms with E-state index in [4.69, 9.17) is 4.74 Å². The lowest BCUT2D eigenvalue weighted by atomic mass is 9.99. The van der Waals surface area contributed by atoms with Gasteiger partial charge in [-0.15, -0.1) is 0 Å². The summed E-state index contributed by atoms with van der Waals surface area (Å²) in [6, 6.07) is 3.77. The molecule has 1 atom stereocenters. The average molecular weight is 389 g/mol. The number of benzene rings is 1. The topological polar surface area (TPSA) is 29.5 Å². The SMILES string of the molecule is COc1cccc(CC(C)N(C)C(=O)C(F)(F)C(F)(F)C(F)(F)F)c1C. The largest absolute Gasteiger partial charge is 0.496 e. The van der Waals surface area contributed by atoms with Gasteiger partial charge in [-0.05, 0) is 37.5 Å². The molecule has 3 nitrogen and oxygen atoms in total. The zero-order chi connectivity index (χ0) is 20.5. The molecule has 10 heteroatoms. The maximum atomic E-state index is 13.6. The molecule has 0 saturated heterocycles. The Morgan fingerprint density at radius 3 is 2.15 bits per heavy atom. The van der Waals surface area contributed by atoms with Gasteiger partial charge in [-0.25, -0.2) is 0 Å². The Hall–Kier alpha value is -2.00. The average Bonchev–Trinajstić information content (AvgIpc) is 2.53. The summed E-state index contributed by atoms with van der Waals surface area (Å²) >= 11 is 0. The highest BCUT2D eigenvalue weighted by molar-refractivity contribution is 5.85. The lowest BCUT2D eigenvalue weighted by molar-refractivity contribution is -0.346. The van der Waals surface area contributed by atoms with E-state index in [2.05, 4.69) is 0 Å². The maximum absolute atomic E-state index is 13.6. The van der Waals surface area contributed by atoms with Crippen LogP contribution in [-0.2, 0) is 11.2 Å². The van der Waals surface area contributed by atoms with Crippen molar-refractivity contribution >= 4 is 5.91 Å². The van der Waals surface area contributed by atoms with Gasteiger partial charge >= 0.3 is 18.0 Å². The number of ether oxygens (including phenoxy) is 1. The van der Waals surface area contributed by atoms with Crippen LogP contribution in [0.3, 0.4) is 0 Å². The van der Waals surface area contributed by atoms with E-state index >= 15 is 0 Å². The van der Waals surface area contributed by atoms with E-state index < -0.39 is 30.0 Å². The fourth-order valence-corrected chi connectivity index (χ4v) is 2.29. The van der Waals surface area contributed by atoms with Crippen LogP contribution >= 0.6 is 0 Å². The predicted octanol–water partition coefficient (Wildman–Crippen LogP) is 4.23. The molecule has 0 N–H and O–H groups in total. The number of likely N-dealkylation sites (N-methyl/N-ethyl adjacent to an activating group) is 1. The zero-order valence-electron chi connectivity index (χ0n) is 14.4. The summed E-state index contributed by atoms with van der Waals surface area (Å²) in [5.74, 6) is -14.5. The number of carbonyl (C=O) groups excluding carboxylic acids is 1. The first-order valence-electron chi connectivity index (χ1n) is 7.40. The summed E-state index contributed by atoms with van der Waals surface area (Å²) in [7, 11) is 2.16. The maximum Gasteiger partial charge on any atom is 0.460 e.